The van der Waals surface area contributed by atoms with Crippen LogP contribution in [0.1, 0.15) is 4.88 Å². The Hall–Kier alpha value is -1.00. The van der Waals surface area contributed by atoms with E-state index >= 15 is 0 Å². The molecule has 0 aliphatic heterocycles. The molecule has 0 saturated heterocycles. The van der Waals surface area contributed by atoms with E-state index in [1.807, 2.05) is 11.4 Å². The second-order valence-corrected chi connectivity index (χ2v) is 7.91. The van der Waals surface area contributed by atoms with Crippen LogP contribution in [0.4, 0.5) is 5.82 Å². The first kappa shape index (κ1) is 15.4. The van der Waals surface area contributed by atoms with E-state index in [1.165, 1.54) is 35.0 Å². The molecule has 3 N–H and O–H groups in total. The lowest BCUT2D eigenvalue weighted by atomic mass is 10.5. The normalized spacial score (nSPS) is 11.8. The van der Waals surface area contributed by atoms with Crippen molar-refractivity contribution in [2.75, 3.05) is 12.5 Å². The van der Waals surface area contributed by atoms with Crippen LogP contribution in [0.3, 0.4) is 0 Å². The predicted octanol–water partition coefficient (Wildman–Crippen LogP) is 2.01. The Morgan fingerprint density at radius 1 is 1.55 bits per heavy atom. The van der Waals surface area contributed by atoms with Gasteiger partial charge in [0.25, 0.3) is 0 Å². The van der Waals surface area contributed by atoms with Crippen LogP contribution in [-0.2, 0) is 16.6 Å². The zero-order valence-electron chi connectivity index (χ0n) is 10.6. The van der Waals surface area contributed by atoms with Crippen molar-refractivity contribution >= 4 is 43.1 Å². The summed E-state index contributed by atoms with van der Waals surface area (Å²) in [7, 11) is -2.13. The topological polar surface area (TPSA) is 88.3 Å². The summed E-state index contributed by atoms with van der Waals surface area (Å²) in [6.07, 6.45) is 1.48. The van der Waals surface area contributed by atoms with Gasteiger partial charge in [0, 0.05) is 34.5 Å². The van der Waals surface area contributed by atoms with Crippen LogP contribution >= 0.6 is 27.3 Å². The standard InChI is InChI=1S/C11H13BrN4O2S2/c1-16(6-9-5-8(12)7-19-9)20(17,18)10-3-2-4-14-11(10)15-13/h2-5,7H,6,13H2,1H3,(H,14,15). The molecule has 0 aliphatic carbocycles. The quantitative estimate of drug-likeness (QED) is 0.615. The van der Waals surface area contributed by atoms with Crippen molar-refractivity contribution in [3.05, 3.63) is 39.1 Å². The zero-order chi connectivity index (χ0) is 14.8. The summed E-state index contributed by atoms with van der Waals surface area (Å²) in [5, 5.41) is 1.91. The lowest BCUT2D eigenvalue weighted by molar-refractivity contribution is 0.469. The average molecular weight is 377 g/mol. The number of halogens is 1. The van der Waals surface area contributed by atoms with Crippen LogP contribution in [-0.4, -0.2) is 24.8 Å². The van der Waals surface area contributed by atoms with Gasteiger partial charge < -0.3 is 5.43 Å². The summed E-state index contributed by atoms with van der Waals surface area (Å²) in [5.41, 5.74) is 2.30. The Morgan fingerprint density at radius 3 is 2.90 bits per heavy atom. The first-order valence-electron chi connectivity index (χ1n) is 5.56. The minimum atomic E-state index is -3.65. The Balaban J connectivity index is 2.29. The lowest BCUT2D eigenvalue weighted by Gasteiger charge is -2.17. The summed E-state index contributed by atoms with van der Waals surface area (Å²) in [4.78, 5) is 4.91. The number of hydrogen-bond donors (Lipinski definition) is 2. The van der Waals surface area contributed by atoms with Crippen molar-refractivity contribution in [3.8, 4) is 0 Å². The third kappa shape index (κ3) is 3.18. The highest BCUT2D eigenvalue weighted by Gasteiger charge is 2.24. The number of nitrogens with two attached hydrogens (primary N) is 1. The number of thiophene rings is 1. The van der Waals surface area contributed by atoms with Gasteiger partial charge in [0.1, 0.15) is 4.90 Å². The van der Waals surface area contributed by atoms with Gasteiger partial charge in [0.15, 0.2) is 5.82 Å². The van der Waals surface area contributed by atoms with Gasteiger partial charge in [-0.05, 0) is 34.1 Å². The maximum atomic E-state index is 12.5. The number of nitrogen functional groups attached to an aromatic ring is 1. The van der Waals surface area contributed by atoms with E-state index in [0.717, 1.165) is 9.35 Å². The van der Waals surface area contributed by atoms with Gasteiger partial charge >= 0.3 is 0 Å². The number of nitrogens with one attached hydrogen (secondary N) is 1. The SMILES string of the molecule is CN(Cc1cc(Br)cs1)S(=O)(=O)c1cccnc1NN. The maximum absolute atomic E-state index is 12.5. The van der Waals surface area contributed by atoms with Gasteiger partial charge in [-0.2, -0.15) is 4.31 Å². The molecular weight excluding hydrogens is 364 g/mol. The predicted molar refractivity (Wildman–Crippen MR) is 82.7 cm³/mol. The van der Waals surface area contributed by atoms with Crippen molar-refractivity contribution in [2.45, 2.75) is 11.4 Å². The third-order valence-corrected chi connectivity index (χ3v) is 6.11. The molecule has 9 heteroatoms. The lowest BCUT2D eigenvalue weighted by Crippen LogP contribution is -2.27. The molecule has 0 aromatic carbocycles. The highest BCUT2D eigenvalue weighted by Crippen LogP contribution is 2.25. The average Bonchev–Trinajstić information content (AvgIpc) is 2.84. The molecule has 6 nitrogen and oxygen atoms in total. The van der Waals surface area contributed by atoms with Gasteiger partial charge in [0.2, 0.25) is 10.0 Å². The van der Waals surface area contributed by atoms with E-state index in [0.29, 0.717) is 0 Å². The monoisotopic (exact) mass is 376 g/mol. The van der Waals surface area contributed by atoms with Crippen LogP contribution in [0.15, 0.2) is 39.1 Å². The van der Waals surface area contributed by atoms with Gasteiger partial charge in [-0.1, -0.05) is 0 Å². The van der Waals surface area contributed by atoms with Crippen molar-refractivity contribution in [1.29, 1.82) is 0 Å². The number of anilines is 1. The van der Waals surface area contributed by atoms with Crippen LogP contribution < -0.4 is 11.3 Å². The molecule has 0 radical (unpaired) electrons. The highest BCUT2D eigenvalue weighted by molar-refractivity contribution is 9.10. The van der Waals surface area contributed by atoms with Gasteiger partial charge in [-0.3, -0.25) is 0 Å². The molecule has 2 aromatic rings. The number of pyridine rings is 1. The van der Waals surface area contributed by atoms with E-state index in [4.69, 9.17) is 5.84 Å². The van der Waals surface area contributed by atoms with Crippen LogP contribution in [0, 0.1) is 0 Å². The van der Waals surface area contributed by atoms with E-state index in [9.17, 15) is 8.42 Å². The molecule has 0 amide bonds. The fourth-order valence-corrected chi connectivity index (χ4v) is 4.45. The van der Waals surface area contributed by atoms with Gasteiger partial charge in [-0.15, -0.1) is 11.3 Å². The molecule has 2 rings (SSSR count). The number of rotatable bonds is 5. The molecule has 0 bridgehead atoms. The second-order valence-electron chi connectivity index (χ2n) is 3.99. The number of aromatic nitrogens is 1. The molecule has 0 spiro atoms. The summed E-state index contributed by atoms with van der Waals surface area (Å²) in [6, 6.07) is 4.92. The molecule has 108 valence electrons. The second kappa shape index (κ2) is 6.19. The van der Waals surface area contributed by atoms with E-state index < -0.39 is 10.0 Å². The largest absolute Gasteiger partial charge is 0.307 e. The molecular formula is C11H13BrN4O2S2. The minimum Gasteiger partial charge on any atom is -0.307 e. The number of hydrogen-bond acceptors (Lipinski definition) is 6. The Labute approximate surface area is 129 Å². The maximum Gasteiger partial charge on any atom is 0.246 e. The molecule has 0 aliphatic rings. The minimum absolute atomic E-state index is 0.0561. The number of nitrogens with zero attached hydrogens (tertiary/aromatic N) is 2. The molecule has 0 unspecified atom stereocenters. The molecule has 20 heavy (non-hydrogen) atoms. The van der Waals surface area contributed by atoms with Crippen molar-refractivity contribution in [3.63, 3.8) is 0 Å². The number of sulfonamides is 1. The molecule has 0 atom stereocenters. The van der Waals surface area contributed by atoms with Crippen molar-refractivity contribution in [2.24, 2.45) is 5.84 Å². The van der Waals surface area contributed by atoms with Gasteiger partial charge in [-0.25, -0.2) is 19.2 Å². The highest BCUT2D eigenvalue weighted by atomic mass is 79.9. The van der Waals surface area contributed by atoms with Crippen LogP contribution in [0.25, 0.3) is 0 Å². The van der Waals surface area contributed by atoms with Crippen LogP contribution in [0.5, 0.6) is 0 Å². The van der Waals surface area contributed by atoms with E-state index in [1.54, 1.807) is 6.07 Å². The van der Waals surface area contributed by atoms with Crippen molar-refractivity contribution in [1.82, 2.24) is 9.29 Å². The number of hydrazine groups is 1. The van der Waals surface area contributed by atoms with E-state index in [2.05, 4.69) is 26.3 Å². The molecule has 2 aromatic heterocycles. The molecule has 2 heterocycles. The first-order valence-corrected chi connectivity index (χ1v) is 8.67. The fraction of sp³-hybridized carbons (Fsp3) is 0.182. The summed E-state index contributed by atoms with van der Waals surface area (Å²) < 4.78 is 27.2. The molecule has 0 saturated carbocycles. The summed E-state index contributed by atoms with van der Waals surface area (Å²) >= 11 is 4.84. The van der Waals surface area contributed by atoms with Crippen molar-refractivity contribution < 1.29 is 8.42 Å². The van der Waals surface area contributed by atoms with Gasteiger partial charge in [0.05, 0.1) is 0 Å². The Kier molecular flexibility index (Phi) is 4.76. The smallest absolute Gasteiger partial charge is 0.246 e. The fourth-order valence-electron chi connectivity index (χ4n) is 1.62. The van der Waals surface area contributed by atoms with Crippen LogP contribution in [0.2, 0.25) is 0 Å². The third-order valence-electron chi connectivity index (χ3n) is 2.60. The first-order chi connectivity index (χ1) is 9.45. The van der Waals surface area contributed by atoms with E-state index in [-0.39, 0.29) is 17.3 Å². The summed E-state index contributed by atoms with van der Waals surface area (Å²) in [6.45, 7) is 0.289. The zero-order valence-corrected chi connectivity index (χ0v) is 13.8. The summed E-state index contributed by atoms with van der Waals surface area (Å²) in [5.74, 6) is 5.43. The molecule has 0 fully saturated rings. The Morgan fingerprint density at radius 2 is 2.30 bits per heavy atom. The Bertz CT molecular complexity index is 702.